The van der Waals surface area contributed by atoms with Crippen LogP contribution in [0.4, 0.5) is 13.2 Å². The number of amides is 1. The van der Waals surface area contributed by atoms with Crippen molar-refractivity contribution in [2.75, 3.05) is 0 Å². The van der Waals surface area contributed by atoms with Gasteiger partial charge in [-0.3, -0.25) is 14.2 Å². The largest absolute Gasteiger partial charge is 0.418 e. The van der Waals surface area contributed by atoms with E-state index in [-0.39, 0.29) is 5.49 Å². The number of hydrogen-bond acceptors (Lipinski definition) is 3. The maximum absolute atomic E-state index is 13.6. The molecule has 0 unspecified atom stereocenters. The highest BCUT2D eigenvalue weighted by Crippen LogP contribution is 2.30. The van der Waals surface area contributed by atoms with Crippen LogP contribution >= 0.6 is 0 Å². The normalized spacial score (nSPS) is 14.0. The first-order valence-electron chi connectivity index (χ1n) is 7.88. The summed E-state index contributed by atoms with van der Waals surface area (Å²) < 4.78 is 41.7. The maximum Gasteiger partial charge on any atom is 0.418 e. The van der Waals surface area contributed by atoms with E-state index in [0.717, 1.165) is 15.1 Å². The summed E-state index contributed by atoms with van der Waals surface area (Å²) in [5.74, 6) is -0.895. The molecule has 0 saturated heterocycles. The highest BCUT2D eigenvalue weighted by atomic mass is 19.4. The highest BCUT2D eigenvalue weighted by Gasteiger charge is 2.43. The molecular weight excluding hydrogens is 347 g/mol. The predicted octanol–water partition coefficient (Wildman–Crippen LogP) is 1.97. The Morgan fingerprint density at radius 3 is 2.19 bits per heavy atom. The SMILES string of the molecule is C=c1c(C(F)(F)F)c2c(n(-c3ccc(C)cc3)c1=O)=NN(C(C)C)C2=O. The molecule has 1 aliphatic rings. The van der Waals surface area contributed by atoms with Gasteiger partial charge in [-0.15, -0.1) is 0 Å². The maximum atomic E-state index is 13.6. The summed E-state index contributed by atoms with van der Waals surface area (Å²) in [6, 6.07) is 6.13. The van der Waals surface area contributed by atoms with Gasteiger partial charge in [-0.1, -0.05) is 24.3 Å². The first kappa shape index (κ1) is 17.9. The fraction of sp³-hybridized carbons (Fsp3) is 0.278. The number of aromatic nitrogens is 1. The monoisotopic (exact) mass is 363 g/mol. The van der Waals surface area contributed by atoms with E-state index in [9.17, 15) is 22.8 Å². The number of carbonyl (C=O) groups is 1. The van der Waals surface area contributed by atoms with E-state index in [1.165, 1.54) is 0 Å². The van der Waals surface area contributed by atoms with Crippen LogP contribution in [-0.2, 0) is 6.18 Å². The van der Waals surface area contributed by atoms with E-state index in [1.807, 2.05) is 6.92 Å². The molecule has 0 bridgehead atoms. The van der Waals surface area contributed by atoms with Crippen molar-refractivity contribution >= 4 is 12.5 Å². The molecule has 26 heavy (non-hydrogen) atoms. The molecule has 2 heterocycles. The molecule has 0 aliphatic carbocycles. The second-order valence-corrected chi connectivity index (χ2v) is 6.37. The molecule has 0 N–H and O–H groups in total. The van der Waals surface area contributed by atoms with Gasteiger partial charge in [0.1, 0.15) is 0 Å². The lowest BCUT2D eigenvalue weighted by atomic mass is 10.1. The molecular formula is C18H16F3N3O2. The van der Waals surface area contributed by atoms with E-state index < -0.39 is 40.0 Å². The van der Waals surface area contributed by atoms with Crippen molar-refractivity contribution in [1.82, 2.24) is 9.58 Å². The van der Waals surface area contributed by atoms with E-state index in [1.54, 1.807) is 38.1 Å². The van der Waals surface area contributed by atoms with Gasteiger partial charge in [0, 0.05) is 5.22 Å². The lowest BCUT2D eigenvalue weighted by Gasteiger charge is -2.17. The standard InChI is InChI=1S/C18H16F3N3O2/c1-9(2)24-17(26)13-14(18(19,20)21)11(4)16(25)23(15(13)22-24)12-7-5-10(3)6-8-12/h5-9H,4H2,1-3H3. The number of rotatable bonds is 2. The van der Waals surface area contributed by atoms with Crippen molar-refractivity contribution in [1.29, 1.82) is 0 Å². The number of hydrogen-bond donors (Lipinski definition) is 0. The van der Waals surface area contributed by atoms with E-state index in [0.29, 0.717) is 5.69 Å². The van der Waals surface area contributed by atoms with Crippen LogP contribution in [0, 0.1) is 6.92 Å². The molecule has 0 spiro atoms. The molecule has 1 aromatic carbocycles. The highest BCUT2D eigenvalue weighted by molar-refractivity contribution is 5.97. The van der Waals surface area contributed by atoms with Crippen molar-refractivity contribution in [3.63, 3.8) is 0 Å². The zero-order valence-electron chi connectivity index (χ0n) is 14.4. The predicted molar refractivity (Wildman–Crippen MR) is 89.4 cm³/mol. The molecule has 0 fully saturated rings. The number of carbonyl (C=O) groups excluding carboxylic acids is 1. The molecule has 0 radical (unpaired) electrons. The van der Waals surface area contributed by atoms with Crippen LogP contribution in [0.3, 0.4) is 0 Å². The van der Waals surface area contributed by atoms with E-state index in [4.69, 9.17) is 0 Å². The minimum Gasteiger partial charge on any atom is -0.268 e. The van der Waals surface area contributed by atoms with Crippen LogP contribution in [0.15, 0.2) is 34.2 Å². The summed E-state index contributed by atoms with van der Waals surface area (Å²) in [6.07, 6.45) is -4.90. The van der Waals surface area contributed by atoms with Gasteiger partial charge >= 0.3 is 6.18 Å². The lowest BCUT2D eigenvalue weighted by Crippen LogP contribution is -2.47. The van der Waals surface area contributed by atoms with Gasteiger partial charge in [-0.05, 0) is 32.9 Å². The lowest BCUT2D eigenvalue weighted by molar-refractivity contribution is -0.138. The van der Waals surface area contributed by atoms with Crippen molar-refractivity contribution in [2.45, 2.75) is 33.0 Å². The molecule has 136 valence electrons. The second kappa shape index (κ2) is 5.82. The quantitative estimate of drug-likeness (QED) is 0.819. The van der Waals surface area contributed by atoms with Gasteiger partial charge in [-0.25, -0.2) is 5.01 Å². The number of aryl methyl sites for hydroxylation is 1. The van der Waals surface area contributed by atoms with Crippen molar-refractivity contribution < 1.29 is 18.0 Å². The summed E-state index contributed by atoms with van der Waals surface area (Å²) in [4.78, 5) is 25.3. The molecule has 8 heteroatoms. The van der Waals surface area contributed by atoms with E-state index in [2.05, 4.69) is 11.7 Å². The number of alkyl halides is 3. The number of benzene rings is 1. The Hall–Kier alpha value is -2.90. The topological polar surface area (TPSA) is 54.7 Å². The molecule has 0 atom stereocenters. The van der Waals surface area contributed by atoms with Crippen LogP contribution in [0.25, 0.3) is 12.3 Å². The Balaban J connectivity index is 2.50. The zero-order chi connectivity index (χ0) is 19.4. The molecule has 1 aliphatic heterocycles. The van der Waals surface area contributed by atoms with Crippen LogP contribution in [0.5, 0.6) is 0 Å². The molecule has 5 nitrogen and oxygen atoms in total. The third kappa shape index (κ3) is 2.61. The van der Waals surface area contributed by atoms with Gasteiger partial charge in [-0.2, -0.15) is 18.3 Å². The Kier molecular flexibility index (Phi) is 4.01. The average molecular weight is 363 g/mol. The zero-order valence-corrected chi connectivity index (χ0v) is 14.4. The van der Waals surface area contributed by atoms with Gasteiger partial charge in [0.25, 0.3) is 11.5 Å². The third-order valence-electron chi connectivity index (χ3n) is 4.14. The Morgan fingerprint density at radius 1 is 1.12 bits per heavy atom. The fourth-order valence-corrected chi connectivity index (χ4v) is 2.87. The number of pyridine rings is 1. The first-order valence-corrected chi connectivity index (χ1v) is 7.88. The van der Waals surface area contributed by atoms with Gasteiger partial charge in [0.2, 0.25) is 0 Å². The van der Waals surface area contributed by atoms with Gasteiger partial charge < -0.3 is 0 Å². The van der Waals surface area contributed by atoms with Crippen LogP contribution in [0.2, 0.25) is 0 Å². The van der Waals surface area contributed by atoms with Crippen LogP contribution in [0.1, 0.15) is 35.3 Å². The minimum atomic E-state index is -4.90. The molecule has 0 saturated carbocycles. The van der Waals surface area contributed by atoms with Crippen LogP contribution < -0.4 is 16.3 Å². The van der Waals surface area contributed by atoms with Gasteiger partial charge in [0.05, 0.1) is 22.9 Å². The summed E-state index contributed by atoms with van der Waals surface area (Å²) in [7, 11) is 0. The third-order valence-corrected chi connectivity index (χ3v) is 4.14. The van der Waals surface area contributed by atoms with Crippen LogP contribution in [-0.4, -0.2) is 21.5 Å². The van der Waals surface area contributed by atoms with Crippen molar-refractivity contribution in [3.05, 3.63) is 62.0 Å². The smallest absolute Gasteiger partial charge is 0.268 e. The van der Waals surface area contributed by atoms with Gasteiger partial charge in [0.15, 0.2) is 5.49 Å². The molecule has 1 aromatic heterocycles. The Labute approximate surface area is 146 Å². The molecule has 3 rings (SSSR count). The summed E-state index contributed by atoms with van der Waals surface area (Å²) >= 11 is 0. The Bertz CT molecular complexity index is 1070. The fourth-order valence-electron chi connectivity index (χ4n) is 2.87. The van der Waals surface area contributed by atoms with Crippen molar-refractivity contribution in [2.24, 2.45) is 5.10 Å². The number of halogens is 3. The average Bonchev–Trinajstić information content (AvgIpc) is 2.86. The summed E-state index contributed by atoms with van der Waals surface area (Å²) in [6.45, 7) is 8.39. The summed E-state index contributed by atoms with van der Waals surface area (Å²) in [5, 5.41) is 4.20. The number of fused-ring (bicyclic) bond motifs is 1. The van der Waals surface area contributed by atoms with E-state index >= 15 is 0 Å². The first-order chi connectivity index (χ1) is 12.0. The minimum absolute atomic E-state index is 0.317. The summed E-state index contributed by atoms with van der Waals surface area (Å²) in [5.41, 5.74) is -2.01. The molecule has 1 amide bonds. The Morgan fingerprint density at radius 2 is 1.69 bits per heavy atom. The number of nitrogens with zero attached hydrogens (tertiary/aromatic N) is 3. The molecule has 2 aromatic rings. The van der Waals surface area contributed by atoms with Crippen molar-refractivity contribution in [3.8, 4) is 5.69 Å². The second-order valence-electron chi connectivity index (χ2n) is 6.37.